The Morgan fingerprint density at radius 2 is 2.32 bits per heavy atom. The Morgan fingerprint density at radius 3 is 3.00 bits per heavy atom. The molecule has 1 aliphatic rings. The Kier molecular flexibility index (Phi) is 4.39. The van der Waals surface area contributed by atoms with Crippen molar-refractivity contribution >= 4 is 11.6 Å². The van der Waals surface area contributed by atoms with Crippen molar-refractivity contribution in [2.24, 2.45) is 5.84 Å². The number of benzene rings is 1. The van der Waals surface area contributed by atoms with Crippen LogP contribution < -0.4 is 11.3 Å². The van der Waals surface area contributed by atoms with Crippen LogP contribution in [0.25, 0.3) is 0 Å². The lowest BCUT2D eigenvalue weighted by atomic mass is 10.0. The van der Waals surface area contributed by atoms with Crippen LogP contribution in [0, 0.1) is 6.92 Å². The molecule has 1 heterocycles. The molecule has 0 spiro atoms. The van der Waals surface area contributed by atoms with E-state index in [0.717, 1.165) is 24.9 Å². The summed E-state index contributed by atoms with van der Waals surface area (Å²) in [6, 6.07) is 5.63. The number of amides is 1. The van der Waals surface area contributed by atoms with Crippen LogP contribution in [-0.2, 0) is 4.74 Å². The van der Waals surface area contributed by atoms with E-state index in [1.165, 1.54) is 0 Å². The molecule has 1 amide bonds. The lowest BCUT2D eigenvalue weighted by molar-refractivity contribution is 0.0269. The van der Waals surface area contributed by atoms with E-state index in [2.05, 4.69) is 5.43 Å². The molecule has 1 aliphatic heterocycles. The van der Waals surface area contributed by atoms with Crippen molar-refractivity contribution in [1.29, 1.82) is 0 Å². The standard InChI is InChI=1S/C14H21N3O2/c1-10-5-6-12(13(8-10)16-15)14(18)17-7-3-4-11(9-17)19-2/h5-6,8,11,16H,3-4,7,9,15H2,1-2H3. The van der Waals surface area contributed by atoms with Crippen LogP contribution in [0.1, 0.15) is 28.8 Å². The molecule has 0 bridgehead atoms. The predicted molar refractivity (Wildman–Crippen MR) is 74.9 cm³/mol. The number of methoxy groups -OCH3 is 1. The number of nitrogens with one attached hydrogen (secondary N) is 1. The third-order valence-electron chi connectivity index (χ3n) is 3.56. The topological polar surface area (TPSA) is 67.6 Å². The zero-order valence-corrected chi connectivity index (χ0v) is 11.5. The van der Waals surface area contributed by atoms with Gasteiger partial charge in [-0.05, 0) is 37.5 Å². The van der Waals surface area contributed by atoms with Gasteiger partial charge in [-0.15, -0.1) is 0 Å². The third-order valence-corrected chi connectivity index (χ3v) is 3.56. The zero-order valence-electron chi connectivity index (χ0n) is 11.5. The minimum absolute atomic E-state index is 0.00898. The number of likely N-dealkylation sites (tertiary alicyclic amines) is 1. The van der Waals surface area contributed by atoms with Gasteiger partial charge in [0.05, 0.1) is 17.4 Å². The maximum atomic E-state index is 12.5. The number of nitrogens with two attached hydrogens (primary N) is 1. The van der Waals surface area contributed by atoms with Gasteiger partial charge in [-0.2, -0.15) is 0 Å². The summed E-state index contributed by atoms with van der Waals surface area (Å²) in [6.45, 7) is 3.39. The highest BCUT2D eigenvalue weighted by Crippen LogP contribution is 2.21. The van der Waals surface area contributed by atoms with Gasteiger partial charge >= 0.3 is 0 Å². The highest BCUT2D eigenvalue weighted by atomic mass is 16.5. The molecular weight excluding hydrogens is 242 g/mol. The molecule has 3 N–H and O–H groups in total. The molecule has 1 atom stereocenters. The first-order valence-electron chi connectivity index (χ1n) is 6.55. The summed E-state index contributed by atoms with van der Waals surface area (Å²) in [7, 11) is 1.69. The molecular formula is C14H21N3O2. The van der Waals surface area contributed by atoms with Gasteiger partial charge in [-0.25, -0.2) is 0 Å². The largest absolute Gasteiger partial charge is 0.380 e. The van der Waals surface area contributed by atoms with Crippen molar-refractivity contribution < 1.29 is 9.53 Å². The summed E-state index contributed by atoms with van der Waals surface area (Å²) >= 11 is 0. The minimum Gasteiger partial charge on any atom is -0.380 e. The number of rotatable bonds is 3. The van der Waals surface area contributed by atoms with Crippen LogP contribution in [0.5, 0.6) is 0 Å². The number of piperidine rings is 1. The normalized spacial score (nSPS) is 19.3. The molecule has 0 radical (unpaired) electrons. The first-order chi connectivity index (χ1) is 9.15. The number of nitrogens with zero attached hydrogens (tertiary/aromatic N) is 1. The number of hydrogen-bond acceptors (Lipinski definition) is 4. The lowest BCUT2D eigenvalue weighted by Gasteiger charge is -2.32. The van der Waals surface area contributed by atoms with Crippen LogP contribution in [-0.4, -0.2) is 37.1 Å². The van der Waals surface area contributed by atoms with Crippen molar-refractivity contribution in [2.45, 2.75) is 25.9 Å². The fourth-order valence-corrected chi connectivity index (χ4v) is 2.45. The van der Waals surface area contributed by atoms with Gasteiger partial charge in [-0.1, -0.05) is 6.07 Å². The summed E-state index contributed by atoms with van der Waals surface area (Å²) in [6.07, 6.45) is 2.12. The molecule has 1 aromatic carbocycles. The van der Waals surface area contributed by atoms with E-state index in [-0.39, 0.29) is 12.0 Å². The molecule has 104 valence electrons. The Labute approximate surface area is 113 Å². The van der Waals surface area contributed by atoms with Crippen molar-refractivity contribution in [1.82, 2.24) is 4.90 Å². The maximum absolute atomic E-state index is 12.5. The number of anilines is 1. The van der Waals surface area contributed by atoms with E-state index in [1.807, 2.05) is 30.0 Å². The first-order valence-corrected chi connectivity index (χ1v) is 6.55. The molecule has 1 unspecified atom stereocenters. The molecule has 1 fully saturated rings. The Balaban J connectivity index is 2.19. The number of hydrogen-bond donors (Lipinski definition) is 2. The van der Waals surface area contributed by atoms with E-state index in [4.69, 9.17) is 10.6 Å². The van der Waals surface area contributed by atoms with Crippen molar-refractivity contribution in [3.8, 4) is 0 Å². The molecule has 1 aromatic rings. The molecule has 19 heavy (non-hydrogen) atoms. The first kappa shape index (κ1) is 13.8. The van der Waals surface area contributed by atoms with E-state index in [0.29, 0.717) is 17.8 Å². The fourth-order valence-electron chi connectivity index (χ4n) is 2.45. The average molecular weight is 263 g/mol. The monoisotopic (exact) mass is 263 g/mol. The smallest absolute Gasteiger partial charge is 0.256 e. The number of aryl methyl sites for hydroxylation is 1. The second-order valence-corrected chi connectivity index (χ2v) is 4.94. The summed E-state index contributed by atoms with van der Waals surface area (Å²) in [4.78, 5) is 14.4. The van der Waals surface area contributed by atoms with E-state index in [9.17, 15) is 4.79 Å². The average Bonchev–Trinajstić information content (AvgIpc) is 2.46. The van der Waals surface area contributed by atoms with Gasteiger partial charge in [0.1, 0.15) is 0 Å². The summed E-state index contributed by atoms with van der Waals surface area (Å²) in [5.41, 5.74) is 4.96. The van der Waals surface area contributed by atoms with E-state index < -0.39 is 0 Å². The Hall–Kier alpha value is -1.59. The van der Waals surface area contributed by atoms with Crippen LogP contribution in [0.4, 0.5) is 5.69 Å². The van der Waals surface area contributed by atoms with Gasteiger partial charge in [0.25, 0.3) is 5.91 Å². The number of nitrogen functional groups attached to an aromatic ring is 1. The van der Waals surface area contributed by atoms with Gasteiger partial charge < -0.3 is 15.1 Å². The molecule has 0 aromatic heterocycles. The van der Waals surface area contributed by atoms with Gasteiger partial charge in [0.15, 0.2) is 0 Å². The second kappa shape index (κ2) is 6.04. The predicted octanol–water partition coefficient (Wildman–Crippen LogP) is 1.53. The fraction of sp³-hybridized carbons (Fsp3) is 0.500. The summed E-state index contributed by atoms with van der Waals surface area (Å²) in [5.74, 6) is 5.50. The zero-order chi connectivity index (χ0) is 13.8. The van der Waals surface area contributed by atoms with Crippen molar-refractivity contribution in [3.63, 3.8) is 0 Å². The second-order valence-electron chi connectivity index (χ2n) is 4.94. The van der Waals surface area contributed by atoms with Gasteiger partial charge in [0, 0.05) is 20.2 Å². The molecule has 5 heteroatoms. The molecule has 0 aliphatic carbocycles. The molecule has 5 nitrogen and oxygen atoms in total. The maximum Gasteiger partial charge on any atom is 0.256 e. The minimum atomic E-state index is 0.00898. The molecule has 1 saturated heterocycles. The van der Waals surface area contributed by atoms with E-state index >= 15 is 0 Å². The number of carbonyl (C=O) groups excluding carboxylic acids is 1. The Morgan fingerprint density at radius 1 is 1.53 bits per heavy atom. The number of hydrazine groups is 1. The van der Waals surface area contributed by atoms with Crippen LogP contribution in [0.15, 0.2) is 18.2 Å². The van der Waals surface area contributed by atoms with Crippen molar-refractivity contribution in [3.05, 3.63) is 29.3 Å². The lowest BCUT2D eigenvalue weighted by Crippen LogP contribution is -2.43. The van der Waals surface area contributed by atoms with Gasteiger partial charge in [0.2, 0.25) is 0 Å². The summed E-state index contributed by atoms with van der Waals surface area (Å²) in [5, 5.41) is 0. The van der Waals surface area contributed by atoms with Gasteiger partial charge in [-0.3, -0.25) is 10.6 Å². The summed E-state index contributed by atoms with van der Waals surface area (Å²) < 4.78 is 5.35. The number of ether oxygens (including phenoxy) is 1. The Bertz CT molecular complexity index is 462. The highest BCUT2D eigenvalue weighted by molar-refractivity contribution is 5.99. The van der Waals surface area contributed by atoms with Crippen molar-refractivity contribution in [2.75, 3.05) is 25.6 Å². The highest BCUT2D eigenvalue weighted by Gasteiger charge is 2.25. The van der Waals surface area contributed by atoms with Crippen LogP contribution >= 0.6 is 0 Å². The van der Waals surface area contributed by atoms with Crippen LogP contribution in [0.2, 0.25) is 0 Å². The molecule has 2 rings (SSSR count). The number of carbonyl (C=O) groups is 1. The third kappa shape index (κ3) is 3.05. The quantitative estimate of drug-likeness (QED) is 0.641. The SMILES string of the molecule is COC1CCCN(C(=O)c2ccc(C)cc2NN)C1. The molecule has 0 saturated carbocycles. The van der Waals surface area contributed by atoms with E-state index in [1.54, 1.807) is 7.11 Å². The van der Waals surface area contributed by atoms with Crippen LogP contribution in [0.3, 0.4) is 0 Å².